The van der Waals surface area contributed by atoms with Crippen LogP contribution in [0.15, 0.2) is 54.6 Å². The number of nitrogens with one attached hydrogen (secondary N) is 2. The lowest BCUT2D eigenvalue weighted by molar-refractivity contribution is -0.117. The van der Waals surface area contributed by atoms with Crippen molar-refractivity contribution in [3.8, 4) is 0 Å². The molecule has 156 valence electrons. The second-order valence-electron chi connectivity index (χ2n) is 7.46. The zero-order valence-corrected chi connectivity index (χ0v) is 17.2. The molecule has 1 aliphatic heterocycles. The summed E-state index contributed by atoms with van der Waals surface area (Å²) in [4.78, 5) is 16.7. The molecule has 1 amide bonds. The highest BCUT2D eigenvalue weighted by atomic mass is 16.3. The van der Waals surface area contributed by atoms with Crippen LogP contribution in [0, 0.1) is 0 Å². The first-order valence-corrected chi connectivity index (χ1v) is 10.5. The maximum atomic E-state index is 12.4. The third kappa shape index (κ3) is 6.48. The summed E-state index contributed by atoms with van der Waals surface area (Å²) in [5.41, 5.74) is 3.01. The van der Waals surface area contributed by atoms with E-state index in [1.165, 1.54) is 0 Å². The van der Waals surface area contributed by atoms with E-state index in [1.54, 1.807) is 0 Å². The number of aliphatic hydroxyl groups excluding tert-OH is 1. The molecule has 2 aromatic rings. The van der Waals surface area contributed by atoms with E-state index in [2.05, 4.69) is 39.5 Å². The molecule has 1 fully saturated rings. The number of likely N-dealkylation sites (tertiary alicyclic amines) is 1. The Bertz CT molecular complexity index is 743. The van der Waals surface area contributed by atoms with Gasteiger partial charge in [-0.25, -0.2) is 0 Å². The van der Waals surface area contributed by atoms with Crippen LogP contribution in [0.25, 0.3) is 0 Å². The number of benzene rings is 2. The van der Waals surface area contributed by atoms with Crippen molar-refractivity contribution >= 4 is 23.0 Å². The summed E-state index contributed by atoms with van der Waals surface area (Å²) < 4.78 is 0. The Balaban J connectivity index is 1.42. The van der Waals surface area contributed by atoms with Crippen molar-refractivity contribution in [3.63, 3.8) is 0 Å². The van der Waals surface area contributed by atoms with Crippen molar-refractivity contribution in [3.05, 3.63) is 54.6 Å². The van der Waals surface area contributed by atoms with E-state index in [4.69, 9.17) is 5.11 Å². The molecule has 1 aliphatic rings. The molecule has 0 spiro atoms. The Morgan fingerprint density at radius 1 is 1.07 bits per heavy atom. The molecule has 0 saturated carbocycles. The molecule has 3 N–H and O–H groups in total. The molecule has 0 atom stereocenters. The number of anilines is 3. The Hall–Kier alpha value is -2.57. The molecule has 6 nitrogen and oxygen atoms in total. The van der Waals surface area contributed by atoms with Gasteiger partial charge in [0.25, 0.3) is 0 Å². The van der Waals surface area contributed by atoms with E-state index in [9.17, 15) is 4.79 Å². The normalized spacial score (nSPS) is 15.1. The highest BCUT2D eigenvalue weighted by molar-refractivity contribution is 5.92. The molecule has 0 aliphatic carbocycles. The number of hydrogen-bond donors (Lipinski definition) is 3. The molecule has 2 aromatic carbocycles. The summed E-state index contributed by atoms with van der Waals surface area (Å²) in [6, 6.07) is 18.6. The number of carbonyl (C=O) groups excluding carboxylic acids is 1. The average Bonchev–Trinajstić information content (AvgIpc) is 2.75. The summed E-state index contributed by atoms with van der Waals surface area (Å²) in [7, 11) is 0. The van der Waals surface area contributed by atoms with Crippen LogP contribution in [-0.2, 0) is 4.79 Å². The van der Waals surface area contributed by atoms with Gasteiger partial charge in [-0.2, -0.15) is 0 Å². The van der Waals surface area contributed by atoms with Gasteiger partial charge in [0.15, 0.2) is 0 Å². The smallest absolute Gasteiger partial charge is 0.238 e. The number of carbonyl (C=O) groups is 1. The van der Waals surface area contributed by atoms with Gasteiger partial charge >= 0.3 is 0 Å². The standard InChI is InChI=1S/C23H32N4O2/c1-2-27(16-17-28)22-10-8-20(9-11-22)25-23(29)18-26-14-12-21(13-15-26)24-19-6-4-3-5-7-19/h3-11,21,24,28H,2,12-18H2,1H3,(H,25,29). The fourth-order valence-electron chi connectivity index (χ4n) is 3.76. The zero-order valence-electron chi connectivity index (χ0n) is 17.2. The van der Waals surface area contributed by atoms with Gasteiger partial charge in [-0.1, -0.05) is 18.2 Å². The van der Waals surface area contributed by atoms with Crippen molar-refractivity contribution in [1.82, 2.24) is 4.90 Å². The van der Waals surface area contributed by atoms with E-state index in [0.717, 1.165) is 49.5 Å². The molecule has 1 saturated heterocycles. The number of para-hydroxylation sites is 1. The molecular weight excluding hydrogens is 364 g/mol. The van der Waals surface area contributed by atoms with Crippen LogP contribution in [0.4, 0.5) is 17.1 Å². The largest absolute Gasteiger partial charge is 0.395 e. The highest BCUT2D eigenvalue weighted by Crippen LogP contribution is 2.19. The van der Waals surface area contributed by atoms with Crippen molar-refractivity contribution in [2.45, 2.75) is 25.8 Å². The molecule has 0 bridgehead atoms. The minimum absolute atomic E-state index is 0.0231. The van der Waals surface area contributed by atoms with E-state index in [-0.39, 0.29) is 12.5 Å². The van der Waals surface area contributed by atoms with Gasteiger partial charge in [-0.05, 0) is 56.2 Å². The van der Waals surface area contributed by atoms with Gasteiger partial charge in [0.2, 0.25) is 5.91 Å². The lowest BCUT2D eigenvalue weighted by Crippen LogP contribution is -2.42. The summed E-state index contributed by atoms with van der Waals surface area (Å²) in [6.45, 7) is 5.89. The lowest BCUT2D eigenvalue weighted by Gasteiger charge is -2.32. The maximum Gasteiger partial charge on any atom is 0.238 e. The number of hydrogen-bond acceptors (Lipinski definition) is 5. The second-order valence-corrected chi connectivity index (χ2v) is 7.46. The Labute approximate surface area is 173 Å². The number of aliphatic hydroxyl groups is 1. The molecule has 0 aromatic heterocycles. The van der Waals surface area contributed by atoms with Gasteiger partial charge in [0.05, 0.1) is 13.2 Å². The quantitative estimate of drug-likeness (QED) is 0.608. The summed E-state index contributed by atoms with van der Waals surface area (Å²) >= 11 is 0. The second kappa shape index (κ2) is 10.8. The number of amides is 1. The molecular formula is C23H32N4O2. The molecule has 1 heterocycles. The Morgan fingerprint density at radius 2 is 1.76 bits per heavy atom. The van der Waals surface area contributed by atoms with E-state index in [0.29, 0.717) is 19.1 Å². The van der Waals surface area contributed by atoms with Crippen molar-refractivity contribution in [1.29, 1.82) is 0 Å². The van der Waals surface area contributed by atoms with E-state index >= 15 is 0 Å². The minimum atomic E-state index is 0.0231. The van der Waals surface area contributed by atoms with Crippen LogP contribution in [0.5, 0.6) is 0 Å². The average molecular weight is 397 g/mol. The third-order valence-corrected chi connectivity index (χ3v) is 5.37. The molecule has 3 rings (SSSR count). The molecule has 0 unspecified atom stereocenters. The van der Waals surface area contributed by atoms with Crippen LogP contribution in [0.2, 0.25) is 0 Å². The monoisotopic (exact) mass is 396 g/mol. The van der Waals surface area contributed by atoms with Crippen LogP contribution >= 0.6 is 0 Å². The maximum absolute atomic E-state index is 12.4. The van der Waals surface area contributed by atoms with Crippen LogP contribution in [-0.4, -0.2) is 61.3 Å². The molecule has 6 heteroatoms. The predicted molar refractivity (Wildman–Crippen MR) is 120 cm³/mol. The molecule has 29 heavy (non-hydrogen) atoms. The fourth-order valence-corrected chi connectivity index (χ4v) is 3.76. The fraction of sp³-hybridized carbons (Fsp3) is 0.435. The first-order chi connectivity index (χ1) is 14.2. The number of nitrogens with zero attached hydrogens (tertiary/aromatic N) is 2. The summed E-state index contributed by atoms with van der Waals surface area (Å²) in [6.07, 6.45) is 2.07. The minimum Gasteiger partial charge on any atom is -0.395 e. The first kappa shape index (κ1) is 21.1. The van der Waals surface area contributed by atoms with Crippen LogP contribution in [0.1, 0.15) is 19.8 Å². The topological polar surface area (TPSA) is 67.8 Å². The Morgan fingerprint density at radius 3 is 2.38 bits per heavy atom. The molecule has 0 radical (unpaired) electrons. The number of piperidine rings is 1. The lowest BCUT2D eigenvalue weighted by atomic mass is 10.0. The SMILES string of the molecule is CCN(CCO)c1ccc(NC(=O)CN2CCC(Nc3ccccc3)CC2)cc1. The zero-order chi connectivity index (χ0) is 20.5. The van der Waals surface area contributed by atoms with Crippen molar-refractivity contribution < 1.29 is 9.90 Å². The van der Waals surface area contributed by atoms with Gasteiger partial charge in [0.1, 0.15) is 0 Å². The van der Waals surface area contributed by atoms with Crippen LogP contribution in [0.3, 0.4) is 0 Å². The van der Waals surface area contributed by atoms with Gasteiger partial charge in [-0.3, -0.25) is 9.69 Å². The summed E-state index contributed by atoms with van der Waals surface area (Å²) in [5, 5.41) is 15.7. The number of likely N-dealkylation sites (N-methyl/N-ethyl adjacent to an activating group) is 1. The summed E-state index contributed by atoms with van der Waals surface area (Å²) in [5.74, 6) is 0.0231. The number of rotatable bonds is 9. The van der Waals surface area contributed by atoms with Gasteiger partial charge in [-0.15, -0.1) is 0 Å². The Kier molecular flexibility index (Phi) is 7.90. The van der Waals surface area contributed by atoms with Gasteiger partial charge < -0.3 is 20.6 Å². The first-order valence-electron chi connectivity index (χ1n) is 10.5. The van der Waals surface area contributed by atoms with Gasteiger partial charge in [0, 0.05) is 49.3 Å². The third-order valence-electron chi connectivity index (χ3n) is 5.37. The van der Waals surface area contributed by atoms with Crippen LogP contribution < -0.4 is 15.5 Å². The van der Waals surface area contributed by atoms with Crippen molar-refractivity contribution in [2.75, 3.05) is 54.9 Å². The predicted octanol–water partition coefficient (Wildman–Crippen LogP) is 3.02. The highest BCUT2D eigenvalue weighted by Gasteiger charge is 2.20. The van der Waals surface area contributed by atoms with E-state index < -0.39 is 0 Å². The van der Waals surface area contributed by atoms with Crippen molar-refractivity contribution in [2.24, 2.45) is 0 Å². The van der Waals surface area contributed by atoms with E-state index in [1.807, 2.05) is 42.5 Å².